The van der Waals surface area contributed by atoms with Crippen LogP contribution in [0.4, 0.5) is 13.2 Å². The molecule has 1 saturated carbocycles. The zero-order valence-electron chi connectivity index (χ0n) is 16.0. The van der Waals surface area contributed by atoms with E-state index in [4.69, 9.17) is 9.26 Å². The number of aromatic nitrogens is 5. The molecular formula is C18H17F3N6O3. The van der Waals surface area contributed by atoms with Crippen LogP contribution in [0.25, 0.3) is 11.4 Å². The van der Waals surface area contributed by atoms with Gasteiger partial charge in [0.1, 0.15) is 17.8 Å². The fourth-order valence-corrected chi connectivity index (χ4v) is 2.65. The molecule has 0 unspecified atom stereocenters. The van der Waals surface area contributed by atoms with Crippen molar-refractivity contribution in [1.82, 2.24) is 30.2 Å². The van der Waals surface area contributed by atoms with Crippen molar-refractivity contribution in [2.24, 2.45) is 7.05 Å². The van der Waals surface area contributed by atoms with Gasteiger partial charge in [0.05, 0.1) is 0 Å². The first kappa shape index (κ1) is 19.9. The molecule has 0 spiro atoms. The molecule has 0 aliphatic heterocycles. The smallest absolute Gasteiger partial charge is 0.435 e. The Kier molecular flexibility index (Phi) is 4.92. The largest absolute Gasteiger partial charge is 0.474 e. The van der Waals surface area contributed by atoms with Crippen LogP contribution in [0.1, 0.15) is 47.9 Å². The van der Waals surface area contributed by atoms with Crippen LogP contribution in [-0.2, 0) is 13.2 Å². The zero-order valence-corrected chi connectivity index (χ0v) is 16.0. The number of ether oxygens (including phenoxy) is 1. The first-order chi connectivity index (χ1) is 14.2. The molecule has 3 aromatic rings. The summed E-state index contributed by atoms with van der Waals surface area (Å²) in [5.74, 6) is 0.0724. The molecule has 1 aliphatic rings. The molecule has 0 saturated heterocycles. The topological polar surface area (TPSA) is 108 Å². The lowest BCUT2D eigenvalue weighted by molar-refractivity contribution is -0.141. The monoisotopic (exact) mass is 422 g/mol. The van der Waals surface area contributed by atoms with Crippen molar-refractivity contribution >= 4 is 5.91 Å². The van der Waals surface area contributed by atoms with Gasteiger partial charge >= 0.3 is 6.18 Å². The summed E-state index contributed by atoms with van der Waals surface area (Å²) in [6.07, 6.45) is -0.897. The van der Waals surface area contributed by atoms with E-state index < -0.39 is 23.8 Å². The van der Waals surface area contributed by atoms with Crippen molar-refractivity contribution in [3.05, 3.63) is 41.7 Å². The Labute approximate surface area is 168 Å². The summed E-state index contributed by atoms with van der Waals surface area (Å²) >= 11 is 0. The minimum Gasteiger partial charge on any atom is -0.474 e. The maximum Gasteiger partial charge on any atom is 0.435 e. The van der Waals surface area contributed by atoms with E-state index in [1.54, 1.807) is 25.3 Å². The second-order valence-electron chi connectivity index (χ2n) is 6.89. The average molecular weight is 422 g/mol. The van der Waals surface area contributed by atoms with Crippen molar-refractivity contribution in [1.29, 1.82) is 0 Å². The summed E-state index contributed by atoms with van der Waals surface area (Å²) in [6.45, 7) is 1.57. The molecule has 4 rings (SSSR count). The Bertz CT molecular complexity index is 1070. The highest BCUT2D eigenvalue weighted by molar-refractivity contribution is 5.92. The molecule has 30 heavy (non-hydrogen) atoms. The van der Waals surface area contributed by atoms with Gasteiger partial charge in [0.25, 0.3) is 5.91 Å². The maximum atomic E-state index is 12.8. The normalized spacial score (nSPS) is 15.1. The third-order valence-corrected chi connectivity index (χ3v) is 4.37. The highest BCUT2D eigenvalue weighted by atomic mass is 19.4. The average Bonchev–Trinajstić information content (AvgIpc) is 3.19. The van der Waals surface area contributed by atoms with E-state index in [1.165, 1.54) is 7.05 Å². The Morgan fingerprint density at radius 3 is 2.80 bits per heavy atom. The second kappa shape index (κ2) is 7.43. The number of rotatable bonds is 6. The Morgan fingerprint density at radius 1 is 1.37 bits per heavy atom. The van der Waals surface area contributed by atoms with Gasteiger partial charge in [-0.3, -0.25) is 9.48 Å². The lowest BCUT2D eigenvalue weighted by Crippen LogP contribution is -2.28. The number of alkyl halides is 3. The Balaban J connectivity index is 1.46. The van der Waals surface area contributed by atoms with E-state index in [1.807, 2.05) is 0 Å². The third kappa shape index (κ3) is 4.26. The summed E-state index contributed by atoms with van der Waals surface area (Å²) in [7, 11) is 1.25. The number of hydrogen-bond acceptors (Lipinski definition) is 7. The molecule has 12 heteroatoms. The lowest BCUT2D eigenvalue weighted by Gasteiger charge is -2.09. The summed E-state index contributed by atoms with van der Waals surface area (Å²) in [5, 5.41) is 9.74. The van der Waals surface area contributed by atoms with E-state index in [0.717, 1.165) is 17.5 Å². The number of carbonyl (C=O) groups is 1. The van der Waals surface area contributed by atoms with Gasteiger partial charge in [0, 0.05) is 30.9 Å². The Hall–Kier alpha value is -3.44. The summed E-state index contributed by atoms with van der Waals surface area (Å²) in [4.78, 5) is 20.8. The molecule has 1 N–H and O–H groups in total. The van der Waals surface area contributed by atoms with Crippen molar-refractivity contribution in [3.63, 3.8) is 0 Å². The molecule has 0 bridgehead atoms. The highest BCUT2D eigenvalue weighted by Gasteiger charge is 2.35. The van der Waals surface area contributed by atoms with Gasteiger partial charge in [-0.1, -0.05) is 5.16 Å². The molecule has 0 radical (unpaired) electrons. The minimum atomic E-state index is -4.64. The van der Waals surface area contributed by atoms with Crippen molar-refractivity contribution in [2.75, 3.05) is 0 Å². The predicted octanol–water partition coefficient (Wildman–Crippen LogP) is 2.92. The number of nitrogens with one attached hydrogen (secondary N) is 1. The quantitative estimate of drug-likeness (QED) is 0.651. The van der Waals surface area contributed by atoms with Crippen LogP contribution in [0, 0.1) is 0 Å². The molecular weight excluding hydrogens is 405 g/mol. The number of pyridine rings is 1. The number of nitrogens with zero attached hydrogens (tertiary/aromatic N) is 5. The second-order valence-corrected chi connectivity index (χ2v) is 6.89. The molecule has 3 heterocycles. The van der Waals surface area contributed by atoms with Gasteiger partial charge in [-0.25, -0.2) is 4.98 Å². The van der Waals surface area contributed by atoms with Crippen LogP contribution in [-0.4, -0.2) is 36.9 Å². The van der Waals surface area contributed by atoms with Gasteiger partial charge < -0.3 is 14.6 Å². The first-order valence-electron chi connectivity index (χ1n) is 9.09. The summed E-state index contributed by atoms with van der Waals surface area (Å²) in [6, 6.07) is 3.31. The number of halogens is 3. The van der Waals surface area contributed by atoms with Crippen molar-refractivity contribution < 1.29 is 27.2 Å². The highest BCUT2D eigenvalue weighted by Crippen LogP contribution is 2.29. The molecule has 158 valence electrons. The van der Waals surface area contributed by atoms with Crippen LogP contribution in [0.15, 0.2) is 28.9 Å². The standard InChI is InChI=1S/C18H17F3N6O3/c1-9(23-16(28)12-8-13(18(19,20)21)25-27(12)2)17-24-15(26-30-17)10-5-6-22-14(7-10)29-11-3-4-11/h5-9,11H,3-4H2,1-2H3,(H,23,28)/t9-/m0/s1. The predicted molar refractivity (Wildman–Crippen MR) is 95.3 cm³/mol. The lowest BCUT2D eigenvalue weighted by atomic mass is 10.2. The molecule has 1 aliphatic carbocycles. The van der Waals surface area contributed by atoms with E-state index in [-0.39, 0.29) is 23.5 Å². The van der Waals surface area contributed by atoms with Crippen LogP contribution < -0.4 is 10.1 Å². The fraction of sp³-hybridized carbons (Fsp3) is 0.389. The first-order valence-corrected chi connectivity index (χ1v) is 9.09. The summed E-state index contributed by atoms with van der Waals surface area (Å²) < 4.78 is 50.1. The van der Waals surface area contributed by atoms with Crippen LogP contribution >= 0.6 is 0 Å². The Morgan fingerprint density at radius 2 is 2.13 bits per heavy atom. The fourth-order valence-electron chi connectivity index (χ4n) is 2.65. The number of amides is 1. The molecule has 1 atom stereocenters. The minimum absolute atomic E-state index is 0.0954. The van der Waals surface area contributed by atoms with Crippen molar-refractivity contribution in [3.8, 4) is 17.3 Å². The molecule has 1 fully saturated rings. The SMILES string of the molecule is C[C@H](NC(=O)c1cc(C(F)(F)F)nn1C)c1nc(-c2ccnc(OC3CC3)c2)no1. The van der Waals surface area contributed by atoms with Crippen LogP contribution in [0.2, 0.25) is 0 Å². The summed E-state index contributed by atoms with van der Waals surface area (Å²) in [5.41, 5.74) is -0.773. The third-order valence-electron chi connectivity index (χ3n) is 4.37. The van der Waals surface area contributed by atoms with Gasteiger partial charge in [-0.2, -0.15) is 23.3 Å². The molecule has 9 nitrogen and oxygen atoms in total. The zero-order chi connectivity index (χ0) is 21.5. The number of aryl methyl sites for hydroxylation is 1. The number of carbonyl (C=O) groups excluding carboxylic acids is 1. The number of hydrogen-bond donors (Lipinski definition) is 1. The molecule has 0 aromatic carbocycles. The molecule has 3 aromatic heterocycles. The maximum absolute atomic E-state index is 12.8. The van der Waals surface area contributed by atoms with Gasteiger partial charge in [0.15, 0.2) is 5.69 Å². The van der Waals surface area contributed by atoms with E-state index in [2.05, 4.69) is 25.5 Å². The van der Waals surface area contributed by atoms with E-state index in [9.17, 15) is 18.0 Å². The van der Waals surface area contributed by atoms with E-state index in [0.29, 0.717) is 17.5 Å². The molecule has 1 amide bonds. The van der Waals surface area contributed by atoms with Gasteiger partial charge in [-0.15, -0.1) is 0 Å². The van der Waals surface area contributed by atoms with Gasteiger partial charge in [-0.05, 0) is 25.8 Å². The van der Waals surface area contributed by atoms with Crippen molar-refractivity contribution in [2.45, 2.75) is 38.1 Å². The van der Waals surface area contributed by atoms with Crippen LogP contribution in [0.5, 0.6) is 5.88 Å². The van der Waals surface area contributed by atoms with E-state index >= 15 is 0 Å². The van der Waals surface area contributed by atoms with Crippen LogP contribution in [0.3, 0.4) is 0 Å². The van der Waals surface area contributed by atoms with Gasteiger partial charge in [0.2, 0.25) is 17.6 Å².